The van der Waals surface area contributed by atoms with Crippen LogP contribution in [0.4, 0.5) is 5.69 Å². The third-order valence-electron chi connectivity index (χ3n) is 3.73. The Labute approximate surface area is 121 Å². The number of aromatic nitrogens is 1. The number of nitrogens with one attached hydrogen (secondary N) is 1. The first-order chi connectivity index (χ1) is 9.29. The molecule has 1 unspecified atom stereocenters. The predicted molar refractivity (Wildman–Crippen MR) is 85.0 cm³/mol. The minimum atomic E-state index is 0.697. The standard InChI is InChI=1S/C15H25N3S/c1-13(12-19-2)11-17-14-5-9-18(10-6-14)15-3-7-16-8-4-15/h3-4,7-8,13-14,17H,5-6,9-12H2,1-2H3. The largest absolute Gasteiger partial charge is 0.371 e. The van der Waals surface area contributed by atoms with Crippen LogP contribution in [-0.2, 0) is 0 Å². The van der Waals surface area contributed by atoms with Gasteiger partial charge in [-0.3, -0.25) is 4.98 Å². The van der Waals surface area contributed by atoms with E-state index in [0.717, 1.165) is 25.6 Å². The zero-order chi connectivity index (χ0) is 13.5. The molecule has 1 aliphatic heterocycles. The lowest BCUT2D eigenvalue weighted by Gasteiger charge is -2.34. The molecule has 3 nitrogen and oxygen atoms in total. The van der Waals surface area contributed by atoms with Crippen LogP contribution < -0.4 is 10.2 Å². The van der Waals surface area contributed by atoms with Crippen LogP contribution in [0.2, 0.25) is 0 Å². The summed E-state index contributed by atoms with van der Waals surface area (Å²) in [6.45, 7) is 5.79. The molecule has 0 saturated carbocycles. The molecule has 1 aliphatic rings. The lowest BCUT2D eigenvalue weighted by Crippen LogP contribution is -2.43. The topological polar surface area (TPSA) is 28.2 Å². The molecule has 1 fully saturated rings. The van der Waals surface area contributed by atoms with E-state index in [1.807, 2.05) is 24.2 Å². The fourth-order valence-corrected chi connectivity index (χ4v) is 3.29. The van der Waals surface area contributed by atoms with Gasteiger partial charge in [0.25, 0.3) is 0 Å². The summed E-state index contributed by atoms with van der Waals surface area (Å²) >= 11 is 1.94. The van der Waals surface area contributed by atoms with Crippen molar-refractivity contribution in [2.45, 2.75) is 25.8 Å². The molecule has 0 aromatic carbocycles. The van der Waals surface area contributed by atoms with E-state index in [4.69, 9.17) is 0 Å². The van der Waals surface area contributed by atoms with E-state index < -0.39 is 0 Å². The van der Waals surface area contributed by atoms with Gasteiger partial charge in [0.2, 0.25) is 0 Å². The van der Waals surface area contributed by atoms with Gasteiger partial charge in [-0.05, 0) is 49.4 Å². The molecule has 106 valence electrons. The zero-order valence-electron chi connectivity index (χ0n) is 12.0. The Morgan fingerprint density at radius 2 is 2.05 bits per heavy atom. The van der Waals surface area contributed by atoms with E-state index in [9.17, 15) is 0 Å². The van der Waals surface area contributed by atoms with E-state index in [0.29, 0.717) is 6.04 Å². The van der Waals surface area contributed by atoms with Crippen LogP contribution in [0, 0.1) is 5.92 Å². The van der Waals surface area contributed by atoms with E-state index in [1.54, 1.807) is 0 Å². The highest BCUT2D eigenvalue weighted by Gasteiger charge is 2.19. The number of pyridine rings is 1. The number of thioether (sulfide) groups is 1. The molecular weight excluding hydrogens is 254 g/mol. The van der Waals surface area contributed by atoms with E-state index in [2.05, 4.69) is 40.5 Å². The summed E-state index contributed by atoms with van der Waals surface area (Å²) in [5, 5.41) is 3.73. The Bertz CT molecular complexity index is 350. The molecule has 0 bridgehead atoms. The highest BCUT2D eigenvalue weighted by Crippen LogP contribution is 2.19. The second-order valence-electron chi connectivity index (χ2n) is 5.44. The van der Waals surface area contributed by atoms with Gasteiger partial charge in [-0.1, -0.05) is 6.92 Å². The van der Waals surface area contributed by atoms with Gasteiger partial charge < -0.3 is 10.2 Å². The van der Waals surface area contributed by atoms with Gasteiger partial charge in [0.15, 0.2) is 0 Å². The molecule has 2 heterocycles. The smallest absolute Gasteiger partial charge is 0.0397 e. The lowest BCUT2D eigenvalue weighted by molar-refractivity contribution is 0.394. The number of anilines is 1. The van der Waals surface area contributed by atoms with Crippen LogP contribution in [0.1, 0.15) is 19.8 Å². The average molecular weight is 279 g/mol. The van der Waals surface area contributed by atoms with Gasteiger partial charge in [0.05, 0.1) is 0 Å². The third kappa shape index (κ3) is 4.69. The second kappa shape index (κ2) is 7.75. The Hall–Kier alpha value is -0.740. The Morgan fingerprint density at radius 3 is 2.68 bits per heavy atom. The summed E-state index contributed by atoms with van der Waals surface area (Å²) in [4.78, 5) is 6.54. The molecule has 1 atom stereocenters. The first-order valence-corrected chi connectivity index (χ1v) is 8.56. The van der Waals surface area contributed by atoms with Crippen molar-refractivity contribution in [3.8, 4) is 0 Å². The van der Waals surface area contributed by atoms with Crippen LogP contribution in [-0.4, -0.2) is 42.7 Å². The fraction of sp³-hybridized carbons (Fsp3) is 0.667. The molecular formula is C15H25N3S. The second-order valence-corrected chi connectivity index (χ2v) is 6.35. The quantitative estimate of drug-likeness (QED) is 0.866. The van der Waals surface area contributed by atoms with E-state index >= 15 is 0 Å². The Morgan fingerprint density at radius 1 is 1.37 bits per heavy atom. The highest BCUT2D eigenvalue weighted by molar-refractivity contribution is 7.98. The lowest BCUT2D eigenvalue weighted by atomic mass is 10.0. The summed E-state index contributed by atoms with van der Waals surface area (Å²) < 4.78 is 0. The SMILES string of the molecule is CSCC(C)CNC1CCN(c2ccncc2)CC1. The summed E-state index contributed by atoms with van der Waals surface area (Å²) in [6.07, 6.45) is 8.43. The third-order valence-corrected chi connectivity index (χ3v) is 4.63. The first kappa shape index (κ1) is 14.7. The predicted octanol–water partition coefficient (Wildman–Crippen LogP) is 2.64. The van der Waals surface area contributed by atoms with Gasteiger partial charge in [0.1, 0.15) is 0 Å². The number of piperidine rings is 1. The maximum absolute atomic E-state index is 4.08. The minimum Gasteiger partial charge on any atom is -0.371 e. The molecule has 4 heteroatoms. The Balaban J connectivity index is 1.71. The molecule has 1 N–H and O–H groups in total. The number of rotatable bonds is 6. The van der Waals surface area contributed by atoms with Crippen molar-refractivity contribution in [1.29, 1.82) is 0 Å². The minimum absolute atomic E-state index is 0.697. The van der Waals surface area contributed by atoms with Crippen molar-refractivity contribution >= 4 is 17.4 Å². The molecule has 1 saturated heterocycles. The van der Waals surface area contributed by atoms with Crippen LogP contribution in [0.15, 0.2) is 24.5 Å². The number of nitrogens with zero attached hydrogens (tertiary/aromatic N) is 2. The van der Waals surface area contributed by atoms with Gasteiger partial charge in [-0.25, -0.2) is 0 Å². The van der Waals surface area contributed by atoms with Crippen LogP contribution in [0.3, 0.4) is 0 Å². The summed E-state index contributed by atoms with van der Waals surface area (Å²) in [7, 11) is 0. The van der Waals surface area contributed by atoms with Crippen molar-refractivity contribution in [1.82, 2.24) is 10.3 Å². The highest BCUT2D eigenvalue weighted by atomic mass is 32.2. The molecule has 1 aromatic heterocycles. The number of hydrogen-bond acceptors (Lipinski definition) is 4. The molecule has 0 radical (unpaired) electrons. The zero-order valence-corrected chi connectivity index (χ0v) is 12.8. The fourth-order valence-electron chi connectivity index (χ4n) is 2.61. The van der Waals surface area contributed by atoms with Gasteiger partial charge in [-0.15, -0.1) is 0 Å². The number of hydrogen-bond donors (Lipinski definition) is 1. The molecule has 2 rings (SSSR count). The van der Waals surface area contributed by atoms with Gasteiger partial charge in [0, 0.05) is 37.2 Å². The van der Waals surface area contributed by atoms with Crippen molar-refractivity contribution in [3.05, 3.63) is 24.5 Å². The molecule has 0 amide bonds. The summed E-state index contributed by atoms with van der Waals surface area (Å²) in [5.41, 5.74) is 1.31. The summed E-state index contributed by atoms with van der Waals surface area (Å²) in [6, 6.07) is 4.91. The van der Waals surface area contributed by atoms with Gasteiger partial charge >= 0.3 is 0 Å². The molecule has 1 aromatic rings. The monoisotopic (exact) mass is 279 g/mol. The average Bonchev–Trinajstić information content (AvgIpc) is 2.47. The van der Waals surface area contributed by atoms with Crippen LogP contribution in [0.25, 0.3) is 0 Å². The van der Waals surface area contributed by atoms with Crippen molar-refractivity contribution in [2.75, 3.05) is 36.5 Å². The normalized spacial score (nSPS) is 18.5. The molecule has 0 aliphatic carbocycles. The van der Waals surface area contributed by atoms with Crippen molar-refractivity contribution < 1.29 is 0 Å². The maximum Gasteiger partial charge on any atom is 0.0397 e. The van der Waals surface area contributed by atoms with Crippen LogP contribution >= 0.6 is 11.8 Å². The van der Waals surface area contributed by atoms with E-state index in [-0.39, 0.29) is 0 Å². The molecule has 19 heavy (non-hydrogen) atoms. The van der Waals surface area contributed by atoms with Crippen LogP contribution in [0.5, 0.6) is 0 Å². The van der Waals surface area contributed by atoms with Crippen molar-refractivity contribution in [3.63, 3.8) is 0 Å². The van der Waals surface area contributed by atoms with E-state index in [1.165, 1.54) is 24.3 Å². The first-order valence-electron chi connectivity index (χ1n) is 7.17. The Kier molecular flexibility index (Phi) is 5.98. The molecule has 0 spiro atoms. The summed E-state index contributed by atoms with van der Waals surface area (Å²) in [5.74, 6) is 2.02. The maximum atomic E-state index is 4.08. The van der Waals surface area contributed by atoms with Crippen molar-refractivity contribution in [2.24, 2.45) is 5.92 Å². The van der Waals surface area contributed by atoms with Gasteiger partial charge in [-0.2, -0.15) is 11.8 Å².